The Balaban J connectivity index is 1.74. The molecule has 6 nitrogen and oxygen atoms in total. The fraction of sp³-hybridized carbons (Fsp3) is 0.200. The van der Waals surface area contributed by atoms with Gasteiger partial charge in [0.1, 0.15) is 0 Å². The van der Waals surface area contributed by atoms with Crippen LogP contribution in [0, 0.1) is 0 Å². The van der Waals surface area contributed by atoms with Gasteiger partial charge in [-0.2, -0.15) is 0 Å². The molecular weight excluding hydrogens is 368 g/mol. The topological polar surface area (TPSA) is 80.4 Å². The lowest BCUT2D eigenvalue weighted by atomic mass is 10.1. The summed E-state index contributed by atoms with van der Waals surface area (Å²) in [6.45, 7) is 0.337. The normalized spacial score (nSPS) is 10.6. The van der Waals surface area contributed by atoms with Crippen LogP contribution in [0.4, 0.5) is 0 Å². The van der Waals surface area contributed by atoms with Gasteiger partial charge in [-0.1, -0.05) is 11.6 Å². The third-order valence-corrected chi connectivity index (χ3v) is 4.46. The van der Waals surface area contributed by atoms with E-state index in [1.165, 1.54) is 0 Å². The molecule has 0 saturated carbocycles. The van der Waals surface area contributed by atoms with Crippen LogP contribution >= 0.6 is 11.6 Å². The predicted octanol–water partition coefficient (Wildman–Crippen LogP) is 3.17. The number of hydrogen-bond acceptors (Lipinski definition) is 4. The molecule has 1 aromatic heterocycles. The number of amides is 1. The maximum absolute atomic E-state index is 12.3. The van der Waals surface area contributed by atoms with Gasteiger partial charge in [-0.3, -0.25) is 9.59 Å². The van der Waals surface area contributed by atoms with Crippen LogP contribution in [0.25, 0.3) is 10.9 Å². The summed E-state index contributed by atoms with van der Waals surface area (Å²) in [6.07, 6.45) is 0.402. The summed E-state index contributed by atoms with van der Waals surface area (Å²) >= 11 is 5.82. The summed E-state index contributed by atoms with van der Waals surface area (Å²) in [6, 6.07) is 11.9. The lowest BCUT2D eigenvalue weighted by molar-refractivity contribution is 0.0954. The molecule has 3 rings (SSSR count). The van der Waals surface area contributed by atoms with E-state index in [1.54, 1.807) is 56.7 Å². The van der Waals surface area contributed by atoms with E-state index in [0.29, 0.717) is 46.1 Å². The highest BCUT2D eigenvalue weighted by Crippen LogP contribution is 2.31. The summed E-state index contributed by atoms with van der Waals surface area (Å²) < 4.78 is 10.6. The zero-order valence-corrected chi connectivity index (χ0v) is 15.7. The standard InChI is InChI=1S/C20H19ClN2O4/c1-26-17-10-14-9-13(20(25)23-16(14)11-18(17)27-2)7-8-22-19(24)12-3-5-15(21)6-4-12/h3-6,9-11H,7-8H2,1-2H3,(H,22,24)(H,23,25). The fourth-order valence-electron chi connectivity index (χ4n) is 2.78. The molecule has 3 aromatic rings. The minimum absolute atomic E-state index is 0.199. The highest BCUT2D eigenvalue weighted by molar-refractivity contribution is 6.30. The number of carbonyl (C=O) groups is 1. The molecule has 0 bridgehead atoms. The van der Waals surface area contributed by atoms with Crippen LogP contribution in [0.2, 0.25) is 5.02 Å². The first kappa shape index (κ1) is 18.8. The number of aromatic nitrogens is 1. The van der Waals surface area contributed by atoms with Gasteiger partial charge in [-0.25, -0.2) is 0 Å². The number of aromatic amines is 1. The number of hydrogen-bond donors (Lipinski definition) is 2. The average Bonchev–Trinajstić information content (AvgIpc) is 2.67. The number of halogens is 1. The zero-order chi connectivity index (χ0) is 19.4. The number of H-pyrrole nitrogens is 1. The fourth-order valence-corrected chi connectivity index (χ4v) is 2.90. The number of nitrogens with one attached hydrogen (secondary N) is 2. The van der Waals surface area contributed by atoms with Gasteiger partial charge < -0.3 is 19.8 Å². The number of ether oxygens (including phenoxy) is 2. The Morgan fingerprint density at radius 1 is 1.07 bits per heavy atom. The van der Waals surface area contributed by atoms with Gasteiger partial charge in [0.25, 0.3) is 11.5 Å². The predicted molar refractivity (Wildman–Crippen MR) is 105 cm³/mol. The van der Waals surface area contributed by atoms with Crippen LogP contribution in [0.1, 0.15) is 15.9 Å². The summed E-state index contributed by atoms with van der Waals surface area (Å²) in [5, 5.41) is 4.20. The Kier molecular flexibility index (Phi) is 5.66. The first-order chi connectivity index (χ1) is 13.0. The molecule has 0 atom stereocenters. The lowest BCUT2D eigenvalue weighted by Crippen LogP contribution is -2.27. The van der Waals surface area contributed by atoms with E-state index in [4.69, 9.17) is 21.1 Å². The number of rotatable bonds is 6. The molecule has 1 heterocycles. The van der Waals surface area contributed by atoms with Crippen molar-refractivity contribution in [1.82, 2.24) is 10.3 Å². The van der Waals surface area contributed by atoms with Gasteiger partial charge in [0.15, 0.2) is 11.5 Å². The summed E-state index contributed by atoms with van der Waals surface area (Å²) in [7, 11) is 3.10. The van der Waals surface area contributed by atoms with Crippen molar-refractivity contribution in [3.63, 3.8) is 0 Å². The zero-order valence-electron chi connectivity index (χ0n) is 15.0. The van der Waals surface area contributed by atoms with Gasteiger partial charge in [-0.05, 0) is 42.8 Å². The minimum atomic E-state index is -0.213. The second kappa shape index (κ2) is 8.14. The largest absolute Gasteiger partial charge is 0.493 e. The molecule has 0 aliphatic heterocycles. The van der Waals surface area contributed by atoms with E-state index in [-0.39, 0.29) is 11.5 Å². The quantitative estimate of drug-likeness (QED) is 0.681. The molecule has 0 aliphatic carbocycles. The van der Waals surface area contributed by atoms with Gasteiger partial charge in [0.05, 0.1) is 19.7 Å². The van der Waals surface area contributed by atoms with Gasteiger partial charge in [0, 0.05) is 34.1 Å². The van der Waals surface area contributed by atoms with Crippen LogP contribution in [0.15, 0.2) is 47.3 Å². The Morgan fingerprint density at radius 3 is 2.41 bits per heavy atom. The molecule has 0 radical (unpaired) electrons. The Bertz CT molecular complexity index is 1030. The number of carbonyl (C=O) groups excluding carboxylic acids is 1. The smallest absolute Gasteiger partial charge is 0.251 e. The molecule has 0 saturated heterocycles. The van der Waals surface area contributed by atoms with Crippen LogP contribution in [-0.2, 0) is 6.42 Å². The van der Waals surface area contributed by atoms with Crippen molar-refractivity contribution in [3.05, 3.63) is 69.0 Å². The average molecular weight is 387 g/mol. The second-order valence-electron chi connectivity index (χ2n) is 5.93. The monoisotopic (exact) mass is 386 g/mol. The molecule has 0 unspecified atom stereocenters. The molecule has 2 N–H and O–H groups in total. The molecule has 7 heteroatoms. The van der Waals surface area contributed by atoms with Crippen molar-refractivity contribution in [3.8, 4) is 11.5 Å². The first-order valence-corrected chi connectivity index (χ1v) is 8.71. The van der Waals surface area contributed by atoms with Crippen LogP contribution in [0.3, 0.4) is 0 Å². The lowest BCUT2D eigenvalue weighted by Gasteiger charge is -2.10. The van der Waals surface area contributed by atoms with Crippen LogP contribution in [0.5, 0.6) is 11.5 Å². The van der Waals surface area contributed by atoms with E-state index in [1.807, 2.05) is 0 Å². The Morgan fingerprint density at radius 2 is 1.74 bits per heavy atom. The highest BCUT2D eigenvalue weighted by atomic mass is 35.5. The molecule has 27 heavy (non-hydrogen) atoms. The van der Waals surface area contributed by atoms with Crippen LogP contribution < -0.4 is 20.3 Å². The van der Waals surface area contributed by atoms with Crippen molar-refractivity contribution in [2.24, 2.45) is 0 Å². The molecule has 0 fully saturated rings. The SMILES string of the molecule is COc1cc2cc(CCNC(=O)c3ccc(Cl)cc3)c(=O)[nH]c2cc1OC. The van der Waals surface area contributed by atoms with Crippen molar-refractivity contribution in [2.75, 3.05) is 20.8 Å². The van der Waals surface area contributed by atoms with E-state index in [2.05, 4.69) is 10.3 Å². The number of pyridine rings is 1. The third kappa shape index (κ3) is 4.23. The third-order valence-electron chi connectivity index (χ3n) is 4.21. The van der Waals surface area contributed by atoms with Crippen LogP contribution in [-0.4, -0.2) is 31.7 Å². The van der Waals surface area contributed by atoms with E-state index >= 15 is 0 Å². The van der Waals surface area contributed by atoms with Crippen molar-refractivity contribution in [2.45, 2.75) is 6.42 Å². The van der Waals surface area contributed by atoms with Crippen molar-refractivity contribution < 1.29 is 14.3 Å². The summed E-state index contributed by atoms with van der Waals surface area (Å²) in [5.41, 5.74) is 1.55. The maximum Gasteiger partial charge on any atom is 0.251 e. The van der Waals surface area contributed by atoms with Gasteiger partial charge in [0.2, 0.25) is 0 Å². The summed E-state index contributed by atoms with van der Waals surface area (Å²) in [4.78, 5) is 27.3. The van der Waals surface area contributed by atoms with E-state index in [0.717, 1.165) is 5.39 Å². The van der Waals surface area contributed by atoms with Gasteiger partial charge >= 0.3 is 0 Å². The molecule has 0 spiro atoms. The second-order valence-corrected chi connectivity index (χ2v) is 6.37. The number of fused-ring (bicyclic) bond motifs is 1. The molecule has 140 valence electrons. The Labute approximate surface area is 161 Å². The van der Waals surface area contributed by atoms with Gasteiger partial charge in [-0.15, -0.1) is 0 Å². The molecular formula is C20H19ClN2O4. The molecule has 0 aliphatic rings. The maximum atomic E-state index is 12.3. The highest BCUT2D eigenvalue weighted by Gasteiger charge is 2.10. The number of benzene rings is 2. The van der Waals surface area contributed by atoms with Crippen molar-refractivity contribution >= 4 is 28.4 Å². The minimum Gasteiger partial charge on any atom is -0.493 e. The van der Waals surface area contributed by atoms with Crippen molar-refractivity contribution in [1.29, 1.82) is 0 Å². The summed E-state index contributed by atoms with van der Waals surface area (Å²) in [5.74, 6) is 0.915. The molecule has 2 aromatic carbocycles. The number of methoxy groups -OCH3 is 2. The van der Waals surface area contributed by atoms with E-state index in [9.17, 15) is 9.59 Å². The Hall–Kier alpha value is -2.99. The first-order valence-electron chi connectivity index (χ1n) is 8.33. The van der Waals surface area contributed by atoms with E-state index < -0.39 is 0 Å². The molecule has 1 amide bonds.